The van der Waals surface area contributed by atoms with Crippen molar-refractivity contribution >= 4 is 17.4 Å². The summed E-state index contributed by atoms with van der Waals surface area (Å²) in [5, 5.41) is 2.94. The highest BCUT2D eigenvalue weighted by Crippen LogP contribution is 2.19. The molecule has 1 aromatic carbocycles. The Morgan fingerprint density at radius 3 is 2.45 bits per heavy atom. The van der Waals surface area contributed by atoms with Crippen molar-refractivity contribution < 1.29 is 4.79 Å². The van der Waals surface area contributed by atoms with Gasteiger partial charge in [0.25, 0.3) is 5.91 Å². The van der Waals surface area contributed by atoms with Crippen molar-refractivity contribution in [3.63, 3.8) is 0 Å². The van der Waals surface area contributed by atoms with E-state index in [-0.39, 0.29) is 5.91 Å². The SMILES string of the molecule is Cc1cc(C)cc(NC(=O)c2cccc(N3CCCC3)n2)c1. The molecule has 1 saturated heterocycles. The van der Waals surface area contributed by atoms with E-state index in [0.717, 1.165) is 35.7 Å². The summed E-state index contributed by atoms with van der Waals surface area (Å²) < 4.78 is 0. The fraction of sp³-hybridized carbons (Fsp3) is 0.333. The van der Waals surface area contributed by atoms with Gasteiger partial charge in [0.15, 0.2) is 0 Å². The Hall–Kier alpha value is -2.36. The average Bonchev–Trinajstić information content (AvgIpc) is 3.00. The van der Waals surface area contributed by atoms with Crippen molar-refractivity contribution in [1.29, 1.82) is 0 Å². The van der Waals surface area contributed by atoms with Crippen molar-refractivity contribution in [2.45, 2.75) is 26.7 Å². The van der Waals surface area contributed by atoms with Gasteiger partial charge in [-0.15, -0.1) is 0 Å². The molecule has 0 saturated carbocycles. The lowest BCUT2D eigenvalue weighted by atomic mass is 10.1. The number of hydrogen-bond acceptors (Lipinski definition) is 3. The molecule has 1 aliphatic heterocycles. The quantitative estimate of drug-likeness (QED) is 0.942. The summed E-state index contributed by atoms with van der Waals surface area (Å²) in [4.78, 5) is 19.2. The lowest BCUT2D eigenvalue weighted by molar-refractivity contribution is 0.102. The predicted octanol–water partition coefficient (Wildman–Crippen LogP) is 3.55. The van der Waals surface area contributed by atoms with Gasteiger partial charge in [-0.05, 0) is 62.1 Å². The molecule has 0 bridgehead atoms. The number of hydrogen-bond donors (Lipinski definition) is 1. The molecule has 22 heavy (non-hydrogen) atoms. The van der Waals surface area contributed by atoms with E-state index in [1.807, 2.05) is 38.1 Å². The van der Waals surface area contributed by atoms with Crippen molar-refractivity contribution in [3.8, 4) is 0 Å². The van der Waals surface area contributed by atoms with E-state index in [1.165, 1.54) is 12.8 Å². The van der Waals surface area contributed by atoms with Crippen molar-refractivity contribution in [2.75, 3.05) is 23.3 Å². The fourth-order valence-corrected chi connectivity index (χ4v) is 2.91. The van der Waals surface area contributed by atoms with Crippen LogP contribution in [0.2, 0.25) is 0 Å². The van der Waals surface area contributed by atoms with Gasteiger partial charge in [-0.3, -0.25) is 4.79 Å². The Morgan fingerprint density at radius 2 is 1.77 bits per heavy atom. The molecule has 4 heteroatoms. The third-order valence-corrected chi connectivity index (χ3v) is 3.88. The maximum Gasteiger partial charge on any atom is 0.274 e. The number of aryl methyl sites for hydroxylation is 2. The molecule has 1 aliphatic rings. The van der Waals surface area contributed by atoms with Crippen LogP contribution in [0, 0.1) is 13.8 Å². The molecule has 0 unspecified atom stereocenters. The Kier molecular flexibility index (Phi) is 4.09. The van der Waals surface area contributed by atoms with Gasteiger partial charge in [0.1, 0.15) is 11.5 Å². The predicted molar refractivity (Wildman–Crippen MR) is 89.6 cm³/mol. The number of carbonyl (C=O) groups excluding carboxylic acids is 1. The Bertz CT molecular complexity index is 670. The second-order valence-corrected chi connectivity index (χ2v) is 5.91. The summed E-state index contributed by atoms with van der Waals surface area (Å²) in [6, 6.07) is 11.7. The summed E-state index contributed by atoms with van der Waals surface area (Å²) in [5.74, 6) is 0.733. The first kappa shape index (κ1) is 14.6. The maximum atomic E-state index is 12.4. The van der Waals surface area contributed by atoms with Gasteiger partial charge in [0.2, 0.25) is 0 Å². The first-order chi connectivity index (χ1) is 10.6. The van der Waals surface area contributed by atoms with Gasteiger partial charge < -0.3 is 10.2 Å². The van der Waals surface area contributed by atoms with Gasteiger partial charge in [0.05, 0.1) is 0 Å². The van der Waals surface area contributed by atoms with Crippen molar-refractivity contribution in [1.82, 2.24) is 4.98 Å². The summed E-state index contributed by atoms with van der Waals surface area (Å²) in [6.45, 7) is 6.09. The molecule has 114 valence electrons. The molecule has 1 aromatic heterocycles. The van der Waals surface area contributed by atoms with Crippen molar-refractivity contribution in [3.05, 3.63) is 53.2 Å². The molecule has 3 rings (SSSR count). The van der Waals surface area contributed by atoms with E-state index < -0.39 is 0 Å². The van der Waals surface area contributed by atoms with Crippen LogP contribution in [0.5, 0.6) is 0 Å². The summed E-state index contributed by atoms with van der Waals surface area (Å²) in [7, 11) is 0. The van der Waals surface area contributed by atoms with Gasteiger partial charge in [-0.1, -0.05) is 12.1 Å². The van der Waals surface area contributed by atoms with E-state index in [2.05, 4.69) is 21.3 Å². The number of nitrogens with one attached hydrogen (secondary N) is 1. The monoisotopic (exact) mass is 295 g/mol. The van der Waals surface area contributed by atoms with Crippen LogP contribution in [0.3, 0.4) is 0 Å². The van der Waals surface area contributed by atoms with E-state index >= 15 is 0 Å². The number of nitrogens with zero attached hydrogens (tertiary/aromatic N) is 2. The number of anilines is 2. The number of aromatic nitrogens is 1. The molecule has 1 N–H and O–H groups in total. The topological polar surface area (TPSA) is 45.2 Å². The van der Waals surface area contributed by atoms with Gasteiger partial charge in [-0.2, -0.15) is 0 Å². The Labute approximate surface area is 131 Å². The first-order valence-electron chi connectivity index (χ1n) is 7.73. The minimum absolute atomic E-state index is 0.161. The zero-order valence-electron chi connectivity index (χ0n) is 13.1. The zero-order valence-corrected chi connectivity index (χ0v) is 13.1. The van der Waals surface area contributed by atoms with Crippen molar-refractivity contribution in [2.24, 2.45) is 0 Å². The van der Waals surface area contributed by atoms with E-state index in [1.54, 1.807) is 6.07 Å². The summed E-state index contributed by atoms with van der Waals surface area (Å²) >= 11 is 0. The molecule has 0 aliphatic carbocycles. The summed E-state index contributed by atoms with van der Waals surface area (Å²) in [6.07, 6.45) is 2.39. The number of rotatable bonds is 3. The summed E-state index contributed by atoms with van der Waals surface area (Å²) in [5.41, 5.74) is 3.54. The molecule has 1 fully saturated rings. The Balaban J connectivity index is 1.78. The molecular formula is C18H21N3O. The second-order valence-electron chi connectivity index (χ2n) is 5.91. The molecule has 0 spiro atoms. The minimum Gasteiger partial charge on any atom is -0.357 e. The van der Waals surface area contributed by atoms with Crippen LogP contribution >= 0.6 is 0 Å². The molecule has 1 amide bonds. The van der Waals surface area contributed by atoms with Crippen LogP contribution < -0.4 is 10.2 Å². The lowest BCUT2D eigenvalue weighted by Gasteiger charge is -2.16. The number of pyridine rings is 1. The highest BCUT2D eigenvalue weighted by Gasteiger charge is 2.15. The normalized spacial score (nSPS) is 14.2. The molecule has 0 radical (unpaired) electrons. The second kappa shape index (κ2) is 6.18. The third kappa shape index (κ3) is 3.27. The van der Waals surface area contributed by atoms with Gasteiger partial charge >= 0.3 is 0 Å². The molecule has 2 heterocycles. The van der Waals surface area contributed by atoms with Crippen LogP contribution in [0.15, 0.2) is 36.4 Å². The third-order valence-electron chi connectivity index (χ3n) is 3.88. The van der Waals surface area contributed by atoms with Gasteiger partial charge in [-0.25, -0.2) is 4.98 Å². The molecule has 4 nitrogen and oxygen atoms in total. The Morgan fingerprint density at radius 1 is 1.09 bits per heavy atom. The molecule has 0 atom stereocenters. The number of benzene rings is 1. The first-order valence-corrected chi connectivity index (χ1v) is 7.73. The standard InChI is InChI=1S/C18H21N3O/c1-13-10-14(2)12-15(11-13)19-18(22)16-6-5-7-17(20-16)21-8-3-4-9-21/h5-7,10-12H,3-4,8-9H2,1-2H3,(H,19,22). The minimum atomic E-state index is -0.161. The van der Waals surface area contributed by atoms with Gasteiger partial charge in [0, 0.05) is 18.8 Å². The average molecular weight is 295 g/mol. The van der Waals surface area contributed by atoms with E-state index in [4.69, 9.17) is 0 Å². The zero-order chi connectivity index (χ0) is 15.5. The fourth-order valence-electron chi connectivity index (χ4n) is 2.91. The van der Waals surface area contributed by atoms with Crippen LogP contribution in [0.1, 0.15) is 34.5 Å². The molecule has 2 aromatic rings. The van der Waals surface area contributed by atoms with Crippen LogP contribution in [-0.2, 0) is 0 Å². The lowest BCUT2D eigenvalue weighted by Crippen LogP contribution is -2.21. The number of carbonyl (C=O) groups is 1. The smallest absolute Gasteiger partial charge is 0.274 e. The highest BCUT2D eigenvalue weighted by atomic mass is 16.1. The van der Waals surface area contributed by atoms with E-state index in [0.29, 0.717) is 5.69 Å². The molecular weight excluding hydrogens is 274 g/mol. The highest BCUT2D eigenvalue weighted by molar-refractivity contribution is 6.03. The van der Waals surface area contributed by atoms with E-state index in [9.17, 15) is 4.79 Å². The van der Waals surface area contributed by atoms with Crippen LogP contribution in [-0.4, -0.2) is 24.0 Å². The van der Waals surface area contributed by atoms with Crippen LogP contribution in [0.4, 0.5) is 11.5 Å². The largest absolute Gasteiger partial charge is 0.357 e. The maximum absolute atomic E-state index is 12.4. The number of amides is 1. The van der Waals surface area contributed by atoms with Crippen LogP contribution in [0.25, 0.3) is 0 Å².